The summed E-state index contributed by atoms with van der Waals surface area (Å²) in [5.74, 6) is -4.01. The van der Waals surface area contributed by atoms with Gasteiger partial charge in [0, 0.05) is 19.0 Å². The molecule has 2 amide bonds. The monoisotopic (exact) mass is 759 g/mol. The highest BCUT2D eigenvalue weighted by Crippen LogP contribution is 2.30. The van der Waals surface area contributed by atoms with E-state index < -0.39 is 71.6 Å². The van der Waals surface area contributed by atoms with Crippen LogP contribution in [0, 0.1) is 0 Å². The largest absolute Gasteiger partial charge is 0.497 e. The molecular weight excluding hydrogens is 710 g/mol. The van der Waals surface area contributed by atoms with E-state index in [4.69, 9.17) is 23.7 Å². The molecule has 1 saturated heterocycles. The maximum Gasteiger partial charge on any atom is 0.408 e. The molecule has 0 bridgehead atoms. The highest BCUT2D eigenvalue weighted by atomic mass is 16.6. The fourth-order valence-electron chi connectivity index (χ4n) is 5.87. The van der Waals surface area contributed by atoms with Crippen LogP contribution in [-0.2, 0) is 51.2 Å². The average Bonchev–Trinajstić information content (AvgIpc) is 3.72. The minimum absolute atomic E-state index is 0.152. The van der Waals surface area contributed by atoms with E-state index in [9.17, 15) is 28.8 Å². The maximum atomic E-state index is 14.8. The minimum atomic E-state index is -2.43. The molecule has 14 heteroatoms. The van der Waals surface area contributed by atoms with Crippen LogP contribution in [0.5, 0.6) is 5.75 Å². The van der Waals surface area contributed by atoms with Crippen LogP contribution >= 0.6 is 0 Å². The van der Waals surface area contributed by atoms with E-state index in [0.717, 1.165) is 4.90 Å². The van der Waals surface area contributed by atoms with Crippen molar-refractivity contribution in [2.75, 3.05) is 27.3 Å². The number of hydrogen-bond acceptors (Lipinski definition) is 12. The van der Waals surface area contributed by atoms with Crippen molar-refractivity contribution in [3.05, 3.63) is 102 Å². The van der Waals surface area contributed by atoms with Crippen molar-refractivity contribution in [1.82, 2.24) is 15.5 Å². The van der Waals surface area contributed by atoms with Gasteiger partial charge in [0.2, 0.25) is 11.4 Å². The van der Waals surface area contributed by atoms with E-state index in [-0.39, 0.29) is 18.6 Å². The van der Waals surface area contributed by atoms with Gasteiger partial charge in [-0.3, -0.25) is 9.59 Å². The van der Waals surface area contributed by atoms with Gasteiger partial charge in [-0.15, -0.1) is 0 Å². The van der Waals surface area contributed by atoms with Crippen molar-refractivity contribution in [1.29, 1.82) is 0 Å². The van der Waals surface area contributed by atoms with Gasteiger partial charge in [-0.25, -0.2) is 19.2 Å². The Morgan fingerprint density at radius 1 is 0.855 bits per heavy atom. The molecule has 3 aromatic rings. The summed E-state index contributed by atoms with van der Waals surface area (Å²) in [4.78, 5) is 83.8. The number of ether oxygens (including phenoxy) is 5. The van der Waals surface area contributed by atoms with E-state index in [1.165, 1.54) is 21.1 Å². The van der Waals surface area contributed by atoms with Crippen LogP contribution in [0.25, 0.3) is 0 Å². The van der Waals surface area contributed by atoms with Crippen LogP contribution in [0.4, 0.5) is 4.79 Å². The van der Waals surface area contributed by atoms with Crippen LogP contribution in [0.1, 0.15) is 62.0 Å². The molecular formula is C41H49N3O11. The van der Waals surface area contributed by atoms with E-state index in [2.05, 4.69) is 10.6 Å². The molecule has 3 aromatic carbocycles. The molecule has 294 valence electrons. The third-order valence-corrected chi connectivity index (χ3v) is 8.90. The van der Waals surface area contributed by atoms with Crippen LogP contribution in [0.3, 0.4) is 0 Å². The molecule has 2 N–H and O–H groups in total. The van der Waals surface area contributed by atoms with Crippen molar-refractivity contribution in [3.8, 4) is 5.75 Å². The highest BCUT2D eigenvalue weighted by molar-refractivity contribution is 6.09. The summed E-state index contributed by atoms with van der Waals surface area (Å²) in [6.07, 6.45) is -1.82. The number of alkyl carbamates (subject to hydrolysis) is 1. The van der Waals surface area contributed by atoms with E-state index in [1.807, 2.05) is 0 Å². The molecule has 1 heterocycles. The van der Waals surface area contributed by atoms with Gasteiger partial charge in [0.25, 0.3) is 0 Å². The summed E-state index contributed by atoms with van der Waals surface area (Å²) < 4.78 is 27.7. The van der Waals surface area contributed by atoms with Gasteiger partial charge in [-0.05, 0) is 70.3 Å². The van der Waals surface area contributed by atoms with Gasteiger partial charge in [0.15, 0.2) is 18.4 Å². The summed E-state index contributed by atoms with van der Waals surface area (Å²) >= 11 is 0. The number of hydrogen-bond donors (Lipinski definition) is 2. The predicted octanol–water partition coefficient (Wildman–Crippen LogP) is 4.18. The molecule has 55 heavy (non-hydrogen) atoms. The summed E-state index contributed by atoms with van der Waals surface area (Å²) in [7, 11) is 2.81. The smallest absolute Gasteiger partial charge is 0.408 e. The Labute approximate surface area is 320 Å². The second-order valence-corrected chi connectivity index (χ2v) is 14.1. The van der Waals surface area contributed by atoms with Gasteiger partial charge < -0.3 is 39.2 Å². The molecule has 1 aliphatic heterocycles. The SMILES string of the molecule is COc1ccc(C[C@](C(=O)O[C@H](C)[C@H](NC(=O)OCc2ccccc2)C(=O)OCC(=O)c2ccccc2)(C(=O)OC(C)(C)C)N(C)C(=O)[C@@H]2CCCN2)cc1. The number of likely N-dealkylation sites (N-methyl/N-ethyl adjacent to an activating group) is 1. The fourth-order valence-corrected chi connectivity index (χ4v) is 5.87. The van der Waals surface area contributed by atoms with Gasteiger partial charge in [-0.1, -0.05) is 72.8 Å². The Kier molecular flexibility index (Phi) is 14.5. The van der Waals surface area contributed by atoms with Gasteiger partial charge in [-0.2, -0.15) is 0 Å². The van der Waals surface area contributed by atoms with Crippen molar-refractivity contribution in [3.63, 3.8) is 0 Å². The van der Waals surface area contributed by atoms with Crippen LogP contribution in [-0.4, -0.2) is 97.2 Å². The molecule has 0 aromatic heterocycles. The lowest BCUT2D eigenvalue weighted by Gasteiger charge is -2.41. The number of Topliss-reactive ketones (excluding diaryl/α,β-unsaturated/α-hetero) is 1. The van der Waals surface area contributed by atoms with E-state index in [0.29, 0.717) is 36.3 Å². The third kappa shape index (κ3) is 11.4. The molecule has 14 nitrogen and oxygen atoms in total. The third-order valence-electron chi connectivity index (χ3n) is 8.90. The molecule has 1 aliphatic rings. The summed E-state index contributed by atoms with van der Waals surface area (Å²) in [6, 6.07) is 21.0. The standard InChI is InChI=1S/C41H49N3O11/c1-27(34(43-39(50)53-25-29-14-9-7-10-15-29)36(47)52-26-33(45)30-16-11-8-12-17-30)54-37(48)41(38(49)55-40(2,3)4,24-28-19-21-31(51-6)22-20-28)44(5)35(46)32-18-13-23-42-32/h7-12,14-17,19-22,27,32,34,42H,13,18,23-26H2,1-6H3,(H,43,50)/t27-,32+,34+,41+/m1/s1. The molecule has 0 unspecified atom stereocenters. The Bertz CT molecular complexity index is 1790. The number of amides is 2. The van der Waals surface area contributed by atoms with Crippen LogP contribution in [0.2, 0.25) is 0 Å². The normalized spacial score (nSPS) is 16.0. The van der Waals surface area contributed by atoms with Gasteiger partial charge in [0.1, 0.15) is 24.1 Å². The number of carbonyl (C=O) groups excluding carboxylic acids is 6. The van der Waals surface area contributed by atoms with Crippen molar-refractivity contribution >= 4 is 35.7 Å². The summed E-state index contributed by atoms with van der Waals surface area (Å²) in [6.45, 7) is 5.87. The van der Waals surface area contributed by atoms with E-state index >= 15 is 0 Å². The van der Waals surface area contributed by atoms with E-state index in [1.54, 1.807) is 106 Å². The fraction of sp³-hybridized carbons (Fsp3) is 0.415. The van der Waals surface area contributed by atoms with Gasteiger partial charge >= 0.3 is 24.0 Å². The Balaban J connectivity index is 1.70. The Morgan fingerprint density at radius 3 is 2.07 bits per heavy atom. The molecule has 0 aliphatic carbocycles. The first-order valence-corrected chi connectivity index (χ1v) is 17.9. The minimum Gasteiger partial charge on any atom is -0.497 e. The van der Waals surface area contributed by atoms with Gasteiger partial charge in [0.05, 0.1) is 13.2 Å². The average molecular weight is 760 g/mol. The number of benzene rings is 3. The number of methoxy groups -OCH3 is 1. The number of ketones is 1. The summed E-state index contributed by atoms with van der Waals surface area (Å²) in [5, 5.41) is 5.50. The second kappa shape index (κ2) is 19.0. The zero-order valence-electron chi connectivity index (χ0n) is 32.0. The first-order valence-electron chi connectivity index (χ1n) is 17.9. The maximum absolute atomic E-state index is 14.8. The van der Waals surface area contributed by atoms with Crippen LogP contribution in [0.15, 0.2) is 84.9 Å². The molecule has 0 radical (unpaired) electrons. The van der Waals surface area contributed by atoms with Crippen molar-refractivity contribution in [2.24, 2.45) is 0 Å². The lowest BCUT2D eigenvalue weighted by molar-refractivity contribution is -0.188. The quantitative estimate of drug-likeness (QED) is 0.0924. The highest BCUT2D eigenvalue weighted by Gasteiger charge is 2.57. The van der Waals surface area contributed by atoms with Crippen LogP contribution < -0.4 is 15.4 Å². The predicted molar refractivity (Wildman–Crippen MR) is 200 cm³/mol. The molecule has 4 rings (SSSR count). The molecule has 1 fully saturated rings. The van der Waals surface area contributed by atoms with Crippen molar-refractivity contribution in [2.45, 2.75) is 82.9 Å². The molecule has 4 atom stereocenters. The first kappa shape index (κ1) is 42.0. The number of nitrogens with one attached hydrogen (secondary N) is 2. The number of nitrogens with zero attached hydrogens (tertiary/aromatic N) is 1. The number of carbonyl (C=O) groups is 6. The Morgan fingerprint density at radius 2 is 1.49 bits per heavy atom. The topological polar surface area (TPSA) is 176 Å². The first-order chi connectivity index (χ1) is 26.1. The zero-order chi connectivity index (χ0) is 40.2. The van der Waals surface area contributed by atoms with Crippen molar-refractivity contribution < 1.29 is 52.5 Å². The number of esters is 3. The lowest BCUT2D eigenvalue weighted by atomic mass is 9.87. The lowest BCUT2D eigenvalue weighted by Crippen LogP contribution is -2.66. The molecule has 0 spiro atoms. The second-order valence-electron chi connectivity index (χ2n) is 14.1. The zero-order valence-corrected chi connectivity index (χ0v) is 32.0. The summed E-state index contributed by atoms with van der Waals surface area (Å²) in [5.41, 5.74) is -2.14. The molecule has 0 saturated carbocycles. The number of rotatable bonds is 16. The Hall–Kier alpha value is -5.76.